The summed E-state index contributed by atoms with van der Waals surface area (Å²) < 4.78 is 10.6. The van der Waals surface area contributed by atoms with Crippen LogP contribution in [0.4, 0.5) is 0 Å². The molecular weight excluding hydrogens is 180 g/mol. The third kappa shape index (κ3) is 1.25. The molecule has 0 fully saturated rings. The number of para-hydroxylation sites is 1. The average molecular weight is 192 g/mol. The smallest absolute Gasteiger partial charge is 0.231 e. The summed E-state index contributed by atoms with van der Waals surface area (Å²) in [5.41, 5.74) is 0.349. The maximum Gasteiger partial charge on any atom is 0.231 e. The van der Waals surface area contributed by atoms with E-state index in [0.717, 1.165) is 17.6 Å². The zero-order valence-corrected chi connectivity index (χ0v) is 8.24. The molecule has 0 aliphatic carbocycles. The van der Waals surface area contributed by atoms with Crippen molar-refractivity contribution in [2.24, 2.45) is 0 Å². The van der Waals surface area contributed by atoms with Crippen LogP contribution in [0.3, 0.4) is 0 Å². The van der Waals surface area contributed by atoms with E-state index in [9.17, 15) is 4.79 Å². The van der Waals surface area contributed by atoms with Crippen molar-refractivity contribution in [2.75, 3.05) is 6.79 Å². The van der Waals surface area contributed by atoms with Gasteiger partial charge in [0.1, 0.15) is 6.29 Å². The molecule has 0 amide bonds. The van der Waals surface area contributed by atoms with Gasteiger partial charge in [-0.15, -0.1) is 0 Å². The molecule has 1 aliphatic heterocycles. The van der Waals surface area contributed by atoms with Crippen molar-refractivity contribution in [3.63, 3.8) is 0 Å². The fourth-order valence-corrected chi connectivity index (χ4v) is 1.50. The van der Waals surface area contributed by atoms with Crippen LogP contribution < -0.4 is 9.47 Å². The van der Waals surface area contributed by atoms with Crippen LogP contribution in [0.1, 0.15) is 19.4 Å². The molecule has 1 aromatic rings. The highest BCUT2D eigenvalue weighted by atomic mass is 16.7. The van der Waals surface area contributed by atoms with Gasteiger partial charge in [0.05, 0.1) is 0 Å². The van der Waals surface area contributed by atoms with Gasteiger partial charge in [0.2, 0.25) is 6.79 Å². The molecule has 1 aliphatic rings. The highest BCUT2D eigenvalue weighted by Gasteiger charge is 2.28. The maximum absolute atomic E-state index is 10.9. The monoisotopic (exact) mass is 192 g/mol. The normalized spacial score (nSPS) is 14.1. The number of ether oxygens (including phenoxy) is 2. The molecular formula is C11H12O3. The standard InChI is InChI=1S/C11H12O3/c1-11(2,6-12)8-4-3-5-9-10(8)14-7-13-9/h3-6H,7H2,1-2H3. The second kappa shape index (κ2) is 3.01. The van der Waals surface area contributed by atoms with E-state index < -0.39 is 5.41 Å². The van der Waals surface area contributed by atoms with Gasteiger partial charge in [-0.25, -0.2) is 0 Å². The lowest BCUT2D eigenvalue weighted by Crippen LogP contribution is -2.19. The van der Waals surface area contributed by atoms with Crippen LogP contribution >= 0.6 is 0 Å². The quantitative estimate of drug-likeness (QED) is 0.671. The zero-order valence-electron chi connectivity index (χ0n) is 8.24. The minimum atomic E-state index is -0.529. The Labute approximate surface area is 82.6 Å². The van der Waals surface area contributed by atoms with Gasteiger partial charge >= 0.3 is 0 Å². The first-order valence-corrected chi connectivity index (χ1v) is 4.50. The van der Waals surface area contributed by atoms with Crippen LogP contribution in [0, 0.1) is 0 Å². The zero-order chi connectivity index (χ0) is 10.2. The summed E-state index contributed by atoms with van der Waals surface area (Å²) in [5.74, 6) is 1.42. The fraction of sp³-hybridized carbons (Fsp3) is 0.364. The van der Waals surface area contributed by atoms with Crippen molar-refractivity contribution in [1.82, 2.24) is 0 Å². The Morgan fingerprint density at radius 3 is 2.86 bits per heavy atom. The summed E-state index contributed by atoms with van der Waals surface area (Å²) in [6.07, 6.45) is 0.921. The van der Waals surface area contributed by atoms with E-state index in [-0.39, 0.29) is 6.79 Å². The Bertz CT molecular complexity index is 369. The highest BCUT2D eigenvalue weighted by molar-refractivity contribution is 5.70. The predicted molar refractivity (Wildman–Crippen MR) is 51.7 cm³/mol. The second-order valence-corrected chi connectivity index (χ2v) is 3.88. The van der Waals surface area contributed by atoms with E-state index in [0.29, 0.717) is 5.75 Å². The Hall–Kier alpha value is -1.51. The van der Waals surface area contributed by atoms with E-state index in [4.69, 9.17) is 9.47 Å². The lowest BCUT2D eigenvalue weighted by Gasteiger charge is -2.18. The van der Waals surface area contributed by atoms with Gasteiger partial charge in [-0.3, -0.25) is 0 Å². The fourth-order valence-electron chi connectivity index (χ4n) is 1.50. The van der Waals surface area contributed by atoms with Crippen LogP contribution in [0.15, 0.2) is 18.2 Å². The number of rotatable bonds is 2. The van der Waals surface area contributed by atoms with E-state index in [2.05, 4.69) is 0 Å². The molecule has 74 valence electrons. The summed E-state index contributed by atoms with van der Waals surface area (Å²) in [5, 5.41) is 0. The van der Waals surface area contributed by atoms with Crippen molar-refractivity contribution < 1.29 is 14.3 Å². The third-order valence-corrected chi connectivity index (χ3v) is 2.39. The van der Waals surface area contributed by atoms with Crippen molar-refractivity contribution in [3.05, 3.63) is 23.8 Å². The van der Waals surface area contributed by atoms with Gasteiger partial charge in [0, 0.05) is 11.0 Å². The molecule has 0 saturated carbocycles. The van der Waals surface area contributed by atoms with Gasteiger partial charge < -0.3 is 14.3 Å². The van der Waals surface area contributed by atoms with Crippen LogP contribution in [0.5, 0.6) is 11.5 Å². The number of carbonyl (C=O) groups is 1. The number of hydrogen-bond acceptors (Lipinski definition) is 3. The van der Waals surface area contributed by atoms with E-state index in [1.807, 2.05) is 32.0 Å². The molecule has 0 radical (unpaired) electrons. The first-order chi connectivity index (χ1) is 6.65. The molecule has 0 spiro atoms. The number of hydrogen-bond donors (Lipinski definition) is 0. The Kier molecular flexibility index (Phi) is 1.95. The molecule has 1 aromatic carbocycles. The minimum Gasteiger partial charge on any atom is -0.454 e. The summed E-state index contributed by atoms with van der Waals surface area (Å²) in [6, 6.07) is 5.60. The lowest BCUT2D eigenvalue weighted by molar-refractivity contribution is -0.111. The molecule has 0 unspecified atom stereocenters. The Balaban J connectivity index is 2.54. The first kappa shape index (κ1) is 9.06. The van der Waals surface area contributed by atoms with Crippen molar-refractivity contribution in [1.29, 1.82) is 0 Å². The molecule has 2 rings (SSSR count). The molecule has 0 saturated heterocycles. The molecule has 0 bridgehead atoms. The van der Waals surface area contributed by atoms with Crippen LogP contribution in [0.2, 0.25) is 0 Å². The van der Waals surface area contributed by atoms with Crippen LogP contribution in [-0.2, 0) is 10.2 Å². The predicted octanol–water partition coefficient (Wildman–Crippen LogP) is 1.89. The van der Waals surface area contributed by atoms with Gasteiger partial charge in [0.15, 0.2) is 11.5 Å². The van der Waals surface area contributed by atoms with E-state index in [1.165, 1.54) is 0 Å². The molecule has 14 heavy (non-hydrogen) atoms. The SMILES string of the molecule is CC(C)(C=O)c1cccc2c1OCO2. The van der Waals surface area contributed by atoms with Crippen LogP contribution in [0.25, 0.3) is 0 Å². The van der Waals surface area contributed by atoms with Gasteiger partial charge in [-0.2, -0.15) is 0 Å². The minimum absolute atomic E-state index is 0.237. The third-order valence-electron chi connectivity index (χ3n) is 2.39. The second-order valence-electron chi connectivity index (χ2n) is 3.88. The van der Waals surface area contributed by atoms with Gasteiger partial charge in [-0.1, -0.05) is 12.1 Å². The largest absolute Gasteiger partial charge is 0.454 e. The summed E-state index contributed by atoms with van der Waals surface area (Å²) >= 11 is 0. The Morgan fingerprint density at radius 2 is 2.14 bits per heavy atom. The Morgan fingerprint density at radius 1 is 1.36 bits per heavy atom. The van der Waals surface area contributed by atoms with E-state index in [1.54, 1.807) is 0 Å². The number of fused-ring (bicyclic) bond motifs is 1. The summed E-state index contributed by atoms with van der Waals surface area (Å²) in [4.78, 5) is 10.9. The summed E-state index contributed by atoms with van der Waals surface area (Å²) in [7, 11) is 0. The first-order valence-electron chi connectivity index (χ1n) is 4.50. The lowest BCUT2D eigenvalue weighted by atomic mass is 9.85. The number of carbonyl (C=O) groups excluding carboxylic acids is 1. The maximum atomic E-state index is 10.9. The molecule has 3 heteroatoms. The van der Waals surface area contributed by atoms with Gasteiger partial charge in [0.25, 0.3) is 0 Å². The average Bonchev–Trinajstić information content (AvgIpc) is 2.64. The molecule has 3 nitrogen and oxygen atoms in total. The molecule has 0 N–H and O–H groups in total. The van der Waals surface area contributed by atoms with E-state index >= 15 is 0 Å². The molecule has 0 atom stereocenters. The highest BCUT2D eigenvalue weighted by Crippen LogP contribution is 2.40. The van der Waals surface area contributed by atoms with Crippen molar-refractivity contribution in [2.45, 2.75) is 19.3 Å². The van der Waals surface area contributed by atoms with Crippen molar-refractivity contribution >= 4 is 6.29 Å². The molecule has 0 aromatic heterocycles. The number of benzene rings is 1. The van der Waals surface area contributed by atoms with Crippen molar-refractivity contribution in [3.8, 4) is 11.5 Å². The summed E-state index contributed by atoms with van der Waals surface area (Å²) in [6.45, 7) is 3.95. The van der Waals surface area contributed by atoms with Gasteiger partial charge in [-0.05, 0) is 19.9 Å². The molecule has 1 heterocycles. The topological polar surface area (TPSA) is 35.5 Å². The number of aldehydes is 1. The van der Waals surface area contributed by atoms with Crippen LogP contribution in [-0.4, -0.2) is 13.1 Å².